The van der Waals surface area contributed by atoms with Crippen LogP contribution in [0.5, 0.6) is 0 Å². The Morgan fingerprint density at radius 1 is 1.12 bits per heavy atom. The highest BCUT2D eigenvalue weighted by atomic mass is 32.1. The van der Waals surface area contributed by atoms with Gasteiger partial charge in [-0.05, 0) is 24.3 Å². The molecular weight excluding hydrogens is 336 g/mol. The lowest BCUT2D eigenvalue weighted by Gasteiger charge is -2.34. The van der Waals surface area contributed by atoms with E-state index in [0.717, 1.165) is 51.1 Å². The van der Waals surface area contributed by atoms with Crippen molar-refractivity contribution >= 4 is 23.3 Å². The number of rotatable bonds is 5. The van der Waals surface area contributed by atoms with Crippen LogP contribution in [-0.4, -0.2) is 67.0 Å². The Bertz CT molecular complexity index is 549. The first kappa shape index (κ1) is 18.2. The Morgan fingerprint density at radius 2 is 1.88 bits per heavy atom. The van der Waals surface area contributed by atoms with Crippen molar-refractivity contribution < 1.29 is 9.59 Å². The standard InChI is InChI=1S/C18H28N4O2S/c23-17(15-6-13-25-14-15)22-11-9-21(10-12-22)8-7-19-18(24)20-16-4-2-1-3-5-16/h6,13-14,16H,1-5,7-12H2,(H2,19,20,24). The van der Waals surface area contributed by atoms with Gasteiger partial charge in [-0.1, -0.05) is 19.3 Å². The molecule has 0 unspecified atom stereocenters. The van der Waals surface area contributed by atoms with Crippen molar-refractivity contribution in [1.29, 1.82) is 0 Å². The molecule has 0 spiro atoms. The van der Waals surface area contributed by atoms with Crippen molar-refractivity contribution in [3.63, 3.8) is 0 Å². The SMILES string of the molecule is O=C(NCCN1CCN(C(=O)c2ccsc2)CC1)NC1CCCCC1. The summed E-state index contributed by atoms with van der Waals surface area (Å²) in [6.45, 7) is 4.71. The Balaban J connectivity index is 1.30. The number of nitrogens with one attached hydrogen (secondary N) is 2. The molecule has 0 bridgehead atoms. The van der Waals surface area contributed by atoms with Gasteiger partial charge in [-0.15, -0.1) is 0 Å². The van der Waals surface area contributed by atoms with Crippen LogP contribution in [0.2, 0.25) is 0 Å². The van der Waals surface area contributed by atoms with Gasteiger partial charge in [-0.2, -0.15) is 11.3 Å². The number of amides is 3. The van der Waals surface area contributed by atoms with Crippen molar-refractivity contribution in [2.24, 2.45) is 0 Å². The minimum absolute atomic E-state index is 0.0434. The van der Waals surface area contributed by atoms with Gasteiger partial charge in [-0.3, -0.25) is 9.69 Å². The van der Waals surface area contributed by atoms with E-state index in [1.807, 2.05) is 21.7 Å². The molecule has 2 heterocycles. The van der Waals surface area contributed by atoms with Crippen molar-refractivity contribution in [3.05, 3.63) is 22.4 Å². The Kier molecular flexibility index (Phi) is 6.69. The summed E-state index contributed by atoms with van der Waals surface area (Å²) in [5.74, 6) is 0.130. The lowest BCUT2D eigenvalue weighted by Crippen LogP contribution is -2.51. The number of urea groups is 1. The second-order valence-electron chi connectivity index (χ2n) is 6.88. The fraction of sp³-hybridized carbons (Fsp3) is 0.667. The first-order valence-corrected chi connectivity index (χ1v) is 10.2. The highest BCUT2D eigenvalue weighted by Crippen LogP contribution is 2.17. The molecular formula is C18H28N4O2S. The molecule has 1 aliphatic heterocycles. The van der Waals surface area contributed by atoms with Crippen LogP contribution >= 0.6 is 11.3 Å². The zero-order valence-corrected chi connectivity index (χ0v) is 15.5. The van der Waals surface area contributed by atoms with E-state index >= 15 is 0 Å². The van der Waals surface area contributed by atoms with Gasteiger partial charge in [0.2, 0.25) is 0 Å². The van der Waals surface area contributed by atoms with Crippen LogP contribution in [0, 0.1) is 0 Å². The van der Waals surface area contributed by atoms with Crippen LogP contribution < -0.4 is 10.6 Å². The number of hydrogen-bond acceptors (Lipinski definition) is 4. The lowest BCUT2D eigenvalue weighted by atomic mass is 9.96. The van der Waals surface area contributed by atoms with Crippen molar-refractivity contribution in [2.75, 3.05) is 39.3 Å². The molecule has 1 aromatic heterocycles. The van der Waals surface area contributed by atoms with E-state index in [2.05, 4.69) is 15.5 Å². The molecule has 25 heavy (non-hydrogen) atoms. The molecule has 0 radical (unpaired) electrons. The van der Waals surface area contributed by atoms with E-state index in [1.54, 1.807) is 11.3 Å². The fourth-order valence-corrected chi connectivity index (χ4v) is 4.18. The van der Waals surface area contributed by atoms with Crippen LogP contribution in [-0.2, 0) is 0 Å². The second kappa shape index (κ2) is 9.20. The van der Waals surface area contributed by atoms with Crippen LogP contribution in [0.1, 0.15) is 42.5 Å². The van der Waals surface area contributed by atoms with Crippen LogP contribution in [0.3, 0.4) is 0 Å². The van der Waals surface area contributed by atoms with Gasteiger partial charge in [0.25, 0.3) is 5.91 Å². The molecule has 1 aliphatic carbocycles. The molecule has 1 aromatic rings. The van der Waals surface area contributed by atoms with Crippen molar-refractivity contribution in [2.45, 2.75) is 38.1 Å². The summed E-state index contributed by atoms with van der Waals surface area (Å²) in [5.41, 5.74) is 0.791. The highest BCUT2D eigenvalue weighted by molar-refractivity contribution is 7.08. The number of piperazine rings is 1. The van der Waals surface area contributed by atoms with E-state index < -0.39 is 0 Å². The average molecular weight is 365 g/mol. The van der Waals surface area contributed by atoms with Gasteiger partial charge in [0.05, 0.1) is 5.56 Å². The lowest BCUT2D eigenvalue weighted by molar-refractivity contribution is 0.0640. The van der Waals surface area contributed by atoms with Gasteiger partial charge in [0.15, 0.2) is 0 Å². The van der Waals surface area contributed by atoms with E-state index in [0.29, 0.717) is 12.6 Å². The summed E-state index contributed by atoms with van der Waals surface area (Å²) in [6, 6.07) is 2.19. The molecule has 1 saturated carbocycles. The molecule has 2 N–H and O–H groups in total. The van der Waals surface area contributed by atoms with Gasteiger partial charge < -0.3 is 15.5 Å². The van der Waals surface area contributed by atoms with E-state index in [1.165, 1.54) is 19.3 Å². The molecule has 0 aromatic carbocycles. The predicted molar refractivity (Wildman–Crippen MR) is 100 cm³/mol. The monoisotopic (exact) mass is 364 g/mol. The number of hydrogen-bond donors (Lipinski definition) is 2. The summed E-state index contributed by atoms with van der Waals surface area (Å²) in [4.78, 5) is 28.5. The molecule has 2 aliphatic rings. The molecule has 2 fully saturated rings. The third kappa shape index (κ3) is 5.44. The molecule has 1 saturated heterocycles. The number of carbonyl (C=O) groups is 2. The molecule has 3 amide bonds. The van der Waals surface area contributed by atoms with Gasteiger partial charge >= 0.3 is 6.03 Å². The first-order chi connectivity index (χ1) is 12.2. The van der Waals surface area contributed by atoms with E-state index in [4.69, 9.17) is 0 Å². The van der Waals surface area contributed by atoms with Gasteiger partial charge in [-0.25, -0.2) is 4.79 Å². The summed E-state index contributed by atoms with van der Waals surface area (Å²) >= 11 is 1.55. The molecule has 3 rings (SSSR count). The van der Waals surface area contributed by atoms with Crippen LogP contribution in [0.25, 0.3) is 0 Å². The summed E-state index contributed by atoms with van der Waals surface area (Å²) < 4.78 is 0. The average Bonchev–Trinajstić information content (AvgIpc) is 3.17. The van der Waals surface area contributed by atoms with Crippen LogP contribution in [0.15, 0.2) is 16.8 Å². The molecule has 0 atom stereocenters. The minimum Gasteiger partial charge on any atom is -0.337 e. The first-order valence-electron chi connectivity index (χ1n) is 9.30. The maximum absolute atomic E-state index is 12.3. The normalized spacial score (nSPS) is 19.6. The minimum atomic E-state index is -0.0434. The van der Waals surface area contributed by atoms with Crippen molar-refractivity contribution in [1.82, 2.24) is 20.4 Å². The fourth-order valence-electron chi connectivity index (χ4n) is 3.55. The van der Waals surface area contributed by atoms with E-state index in [9.17, 15) is 9.59 Å². The highest BCUT2D eigenvalue weighted by Gasteiger charge is 2.22. The quantitative estimate of drug-likeness (QED) is 0.841. The molecule has 138 valence electrons. The smallest absolute Gasteiger partial charge is 0.315 e. The molecule has 7 heteroatoms. The Morgan fingerprint density at radius 3 is 2.56 bits per heavy atom. The Labute approximate surface area is 153 Å². The predicted octanol–water partition coefficient (Wildman–Crippen LogP) is 2.14. The number of nitrogens with zero attached hydrogens (tertiary/aromatic N) is 2. The van der Waals surface area contributed by atoms with Gasteiger partial charge in [0, 0.05) is 50.7 Å². The third-order valence-corrected chi connectivity index (χ3v) is 5.76. The number of carbonyl (C=O) groups excluding carboxylic acids is 2. The summed E-state index contributed by atoms with van der Waals surface area (Å²) in [7, 11) is 0. The zero-order chi connectivity index (χ0) is 17.5. The third-order valence-electron chi connectivity index (χ3n) is 5.08. The second-order valence-corrected chi connectivity index (χ2v) is 7.66. The topological polar surface area (TPSA) is 64.7 Å². The molecule has 6 nitrogen and oxygen atoms in total. The van der Waals surface area contributed by atoms with Crippen LogP contribution in [0.4, 0.5) is 4.79 Å². The Hall–Kier alpha value is -1.60. The summed E-state index contributed by atoms with van der Waals surface area (Å²) in [5, 5.41) is 9.88. The zero-order valence-electron chi connectivity index (χ0n) is 14.7. The largest absolute Gasteiger partial charge is 0.337 e. The maximum Gasteiger partial charge on any atom is 0.315 e. The summed E-state index contributed by atoms with van der Waals surface area (Å²) in [6.07, 6.45) is 5.94. The van der Waals surface area contributed by atoms with E-state index in [-0.39, 0.29) is 11.9 Å². The number of thiophene rings is 1. The maximum atomic E-state index is 12.3. The van der Waals surface area contributed by atoms with Gasteiger partial charge in [0.1, 0.15) is 0 Å². The van der Waals surface area contributed by atoms with Crippen molar-refractivity contribution in [3.8, 4) is 0 Å².